The van der Waals surface area contributed by atoms with Gasteiger partial charge in [-0.25, -0.2) is 4.98 Å². The van der Waals surface area contributed by atoms with Gasteiger partial charge < -0.3 is 14.7 Å². The van der Waals surface area contributed by atoms with Crippen LogP contribution in [0.4, 0.5) is 0 Å². The van der Waals surface area contributed by atoms with Gasteiger partial charge in [-0.15, -0.1) is 0 Å². The summed E-state index contributed by atoms with van der Waals surface area (Å²) in [5.74, 6) is -1.30. The van der Waals surface area contributed by atoms with Crippen molar-refractivity contribution >= 4 is 11.9 Å². The molecule has 190 valence electrons. The van der Waals surface area contributed by atoms with Crippen LogP contribution in [0.25, 0.3) is 0 Å². The molecule has 6 heterocycles. The molecule has 0 unspecified atom stereocenters. The molecule has 6 nitrogen and oxygen atoms in total. The molecule has 3 aromatic rings. The highest BCUT2D eigenvalue weighted by molar-refractivity contribution is 5.94. The van der Waals surface area contributed by atoms with Gasteiger partial charge in [0.05, 0.1) is 12.5 Å². The number of ether oxygens (including phenoxy) is 1. The quantitative estimate of drug-likeness (QED) is 0.486. The molecule has 7 bridgehead atoms. The lowest BCUT2D eigenvalue weighted by molar-refractivity contribution is -0.141. The van der Waals surface area contributed by atoms with E-state index in [2.05, 4.69) is 29.3 Å². The number of carbonyl (C=O) groups is 2. The summed E-state index contributed by atoms with van der Waals surface area (Å²) < 4.78 is 5.92. The third-order valence-corrected chi connectivity index (χ3v) is 7.43. The van der Waals surface area contributed by atoms with Gasteiger partial charge in [0.1, 0.15) is 0 Å². The summed E-state index contributed by atoms with van der Waals surface area (Å²) in [4.78, 5) is 31.9. The molecule has 2 aromatic carbocycles. The van der Waals surface area contributed by atoms with Gasteiger partial charge in [-0.05, 0) is 72.2 Å². The number of benzene rings is 2. The highest BCUT2D eigenvalue weighted by Gasteiger charge is 2.30. The van der Waals surface area contributed by atoms with Crippen LogP contribution >= 0.6 is 0 Å². The van der Waals surface area contributed by atoms with Crippen molar-refractivity contribution in [3.63, 3.8) is 0 Å². The Bertz CT molecular complexity index is 1350. The van der Waals surface area contributed by atoms with Crippen LogP contribution in [0.1, 0.15) is 63.0 Å². The number of nitrogens with zero attached hydrogens (tertiary/aromatic N) is 2. The summed E-state index contributed by atoms with van der Waals surface area (Å²) >= 11 is 0. The van der Waals surface area contributed by atoms with Crippen molar-refractivity contribution in [1.29, 1.82) is 0 Å². The molecule has 1 N–H and O–H groups in total. The molecule has 8 rings (SSSR count). The van der Waals surface area contributed by atoms with Gasteiger partial charge in [0.15, 0.2) is 0 Å². The summed E-state index contributed by atoms with van der Waals surface area (Å²) in [6.07, 6.45) is 8.26. The average Bonchev–Trinajstić information content (AvgIpc) is 2.90. The lowest BCUT2D eigenvalue weighted by atomic mass is 9.80. The van der Waals surface area contributed by atoms with Crippen molar-refractivity contribution in [3.05, 3.63) is 106 Å². The van der Waals surface area contributed by atoms with Crippen LogP contribution < -0.4 is 4.74 Å². The van der Waals surface area contributed by atoms with E-state index in [1.54, 1.807) is 13.1 Å². The molecule has 5 aliphatic heterocycles. The zero-order chi connectivity index (χ0) is 25.9. The summed E-state index contributed by atoms with van der Waals surface area (Å²) in [5.41, 5.74) is 6.74. The molecule has 37 heavy (non-hydrogen) atoms. The van der Waals surface area contributed by atoms with E-state index in [-0.39, 0.29) is 11.8 Å². The standard InChI is InChI=1S/C31H32N2O4/c1-20-16-26-18-32-29(20)37-15-5-3-4-6-22-7-9-24(10-8-22)30(34)33-14-13-23-11-12-25(17-27(23)19-33)28(26)21(2)31(35)36/h3-4,7-12,16-18,21,28H,5-6,13-15,19H2,1-2H3,(H,35,36)/b4-3+/t21-,28+/m1/s1. The Morgan fingerprint density at radius 3 is 2.65 bits per heavy atom. The third kappa shape index (κ3) is 5.29. The van der Waals surface area contributed by atoms with E-state index in [1.165, 1.54) is 5.56 Å². The fourth-order valence-corrected chi connectivity index (χ4v) is 5.29. The second-order valence-electron chi connectivity index (χ2n) is 10.0. The Morgan fingerprint density at radius 2 is 1.89 bits per heavy atom. The Morgan fingerprint density at radius 1 is 1.08 bits per heavy atom. The molecular formula is C31H32N2O4. The summed E-state index contributed by atoms with van der Waals surface area (Å²) in [6.45, 7) is 5.35. The van der Waals surface area contributed by atoms with Crippen LogP contribution in [0.3, 0.4) is 0 Å². The maximum absolute atomic E-state index is 13.3. The van der Waals surface area contributed by atoms with E-state index >= 15 is 0 Å². The minimum absolute atomic E-state index is 0.0204. The first-order valence-electron chi connectivity index (χ1n) is 12.9. The normalized spacial score (nSPS) is 19.2. The van der Waals surface area contributed by atoms with E-state index < -0.39 is 11.9 Å². The molecule has 2 atom stereocenters. The van der Waals surface area contributed by atoms with Crippen molar-refractivity contribution < 1.29 is 19.4 Å². The molecule has 1 aromatic heterocycles. The van der Waals surface area contributed by atoms with Crippen molar-refractivity contribution in [2.75, 3.05) is 13.2 Å². The number of aliphatic carboxylic acids is 1. The Hall–Kier alpha value is -3.93. The van der Waals surface area contributed by atoms with Crippen molar-refractivity contribution in [2.24, 2.45) is 5.92 Å². The number of pyridine rings is 1. The third-order valence-electron chi connectivity index (χ3n) is 7.43. The van der Waals surface area contributed by atoms with Crippen LogP contribution in [0, 0.1) is 12.8 Å². The zero-order valence-electron chi connectivity index (χ0n) is 21.3. The van der Waals surface area contributed by atoms with Gasteiger partial charge in [0.25, 0.3) is 5.91 Å². The second kappa shape index (κ2) is 10.6. The van der Waals surface area contributed by atoms with Gasteiger partial charge in [-0.3, -0.25) is 9.59 Å². The van der Waals surface area contributed by atoms with Gasteiger partial charge >= 0.3 is 5.97 Å². The molecule has 1 amide bonds. The maximum atomic E-state index is 13.3. The highest BCUT2D eigenvalue weighted by Crippen LogP contribution is 2.36. The highest BCUT2D eigenvalue weighted by atomic mass is 16.5. The molecule has 6 heteroatoms. The number of hydrogen-bond acceptors (Lipinski definition) is 4. The first kappa shape index (κ1) is 24.8. The number of amides is 1. The fourth-order valence-electron chi connectivity index (χ4n) is 5.29. The van der Waals surface area contributed by atoms with Gasteiger partial charge in [-0.2, -0.15) is 0 Å². The van der Waals surface area contributed by atoms with Crippen molar-refractivity contribution in [1.82, 2.24) is 9.88 Å². The topological polar surface area (TPSA) is 79.7 Å². The number of aromatic nitrogens is 1. The molecule has 0 radical (unpaired) electrons. The zero-order valence-corrected chi connectivity index (χ0v) is 21.3. The Balaban J connectivity index is 1.56. The lowest BCUT2D eigenvalue weighted by Crippen LogP contribution is -2.36. The lowest BCUT2D eigenvalue weighted by Gasteiger charge is -2.31. The van der Waals surface area contributed by atoms with E-state index in [1.807, 2.05) is 48.2 Å². The van der Waals surface area contributed by atoms with Crippen LogP contribution in [0.15, 0.2) is 66.9 Å². The van der Waals surface area contributed by atoms with E-state index in [0.29, 0.717) is 31.1 Å². The van der Waals surface area contributed by atoms with Gasteiger partial charge in [-0.1, -0.05) is 49.4 Å². The molecule has 0 spiro atoms. The number of allylic oxidation sites excluding steroid dienone is 1. The molecule has 0 saturated carbocycles. The Kier molecular flexibility index (Phi) is 7.08. The minimum Gasteiger partial charge on any atom is -0.481 e. The molecule has 0 aliphatic carbocycles. The second-order valence-corrected chi connectivity index (χ2v) is 10.0. The minimum atomic E-state index is -0.863. The van der Waals surface area contributed by atoms with Crippen LogP contribution in [0.2, 0.25) is 0 Å². The average molecular weight is 497 g/mol. The van der Waals surface area contributed by atoms with Crippen molar-refractivity contribution in [3.8, 4) is 5.88 Å². The maximum Gasteiger partial charge on any atom is 0.307 e. The number of rotatable bonds is 2. The summed E-state index contributed by atoms with van der Waals surface area (Å²) in [6, 6.07) is 16.0. The SMILES string of the molecule is Cc1cc2cnc1OCC/C=C/Cc1ccc(cc1)C(=O)N1CCc3ccc(cc3C1)[C@@H]2[C@@H](C)C(=O)O. The van der Waals surface area contributed by atoms with Crippen molar-refractivity contribution in [2.45, 2.75) is 45.6 Å². The summed E-state index contributed by atoms with van der Waals surface area (Å²) in [5, 5.41) is 9.94. The number of aryl methyl sites for hydroxylation is 1. The smallest absolute Gasteiger partial charge is 0.307 e. The monoisotopic (exact) mass is 496 g/mol. The summed E-state index contributed by atoms with van der Waals surface area (Å²) in [7, 11) is 0. The number of carbonyl (C=O) groups excluding carboxylic acids is 1. The van der Waals surface area contributed by atoms with Gasteiger partial charge in [0, 0.05) is 36.3 Å². The van der Waals surface area contributed by atoms with E-state index in [4.69, 9.17) is 4.74 Å². The number of carboxylic acid groups (broad SMARTS) is 1. The predicted octanol–water partition coefficient (Wildman–Crippen LogP) is 5.32. The molecule has 5 aliphatic rings. The first-order valence-corrected chi connectivity index (χ1v) is 12.9. The molecule has 0 saturated heterocycles. The molecular weight excluding hydrogens is 464 g/mol. The van der Waals surface area contributed by atoms with Gasteiger partial charge in [0.2, 0.25) is 5.88 Å². The van der Waals surface area contributed by atoms with Crippen LogP contribution in [-0.4, -0.2) is 40.0 Å². The van der Waals surface area contributed by atoms with Crippen LogP contribution in [0.5, 0.6) is 5.88 Å². The first-order chi connectivity index (χ1) is 17.9. The van der Waals surface area contributed by atoms with Crippen LogP contribution in [-0.2, 0) is 24.2 Å². The fraction of sp³-hybridized carbons (Fsp3) is 0.323. The number of hydrogen-bond donors (Lipinski definition) is 1. The van der Waals surface area contributed by atoms with E-state index in [9.17, 15) is 14.7 Å². The van der Waals surface area contributed by atoms with E-state index in [0.717, 1.165) is 47.1 Å². The Labute approximate surface area is 217 Å². The number of carboxylic acids is 1. The largest absolute Gasteiger partial charge is 0.481 e. The predicted molar refractivity (Wildman–Crippen MR) is 142 cm³/mol. The molecule has 0 fully saturated rings.